The van der Waals surface area contributed by atoms with Crippen LogP contribution in [0.15, 0.2) is 199 Å². The van der Waals surface area contributed by atoms with Crippen molar-refractivity contribution >= 4 is 50.2 Å². The molecule has 1 aliphatic heterocycles. The summed E-state index contributed by atoms with van der Waals surface area (Å²) in [5.41, 5.74) is 9.74. The Balaban J connectivity index is 0.000000159. The molecule has 0 bridgehead atoms. The van der Waals surface area contributed by atoms with Gasteiger partial charge in [-0.25, -0.2) is 0 Å². The van der Waals surface area contributed by atoms with Gasteiger partial charge in [-0.05, 0) is 101 Å². The zero-order valence-corrected chi connectivity index (χ0v) is 41.7. The molecule has 3 aliphatic rings. The van der Waals surface area contributed by atoms with Crippen LogP contribution in [0.4, 0.5) is 0 Å². The van der Waals surface area contributed by atoms with E-state index in [4.69, 9.17) is 12.8 Å². The average molecular weight is 1200 g/mol. The first-order chi connectivity index (χ1) is 29.0. The van der Waals surface area contributed by atoms with Crippen molar-refractivity contribution in [1.82, 2.24) is 0 Å². The van der Waals surface area contributed by atoms with Gasteiger partial charge in [0.15, 0.2) is 5.90 Å². The van der Waals surface area contributed by atoms with Crippen molar-refractivity contribution in [2.24, 2.45) is 0 Å². The molecule has 306 valence electrons. The largest absolute Gasteiger partial charge is 1.00 e. The van der Waals surface area contributed by atoms with Crippen LogP contribution in [0, 0.1) is 24.7 Å². The molecule has 0 saturated carbocycles. The summed E-state index contributed by atoms with van der Waals surface area (Å²) >= 11 is 0. The van der Waals surface area contributed by atoms with E-state index < -0.39 is 23.9 Å². The molecule has 0 saturated heterocycles. The Morgan fingerprint density at radius 2 is 1.02 bits per heavy atom. The van der Waals surface area contributed by atoms with Gasteiger partial charge in [0, 0.05) is 0 Å². The summed E-state index contributed by atoms with van der Waals surface area (Å²) in [6.45, 7) is 4.72. The molecular weight excluding hydrogens is 1160 g/mol. The molecule has 0 N–H and O–H groups in total. The van der Waals surface area contributed by atoms with E-state index in [9.17, 15) is 0 Å². The topological polar surface area (TPSA) is 0 Å². The van der Waals surface area contributed by atoms with E-state index >= 15 is 0 Å². The van der Waals surface area contributed by atoms with Gasteiger partial charge in [0.05, 0.1) is 13.4 Å². The van der Waals surface area contributed by atoms with E-state index in [0.29, 0.717) is 0 Å². The van der Waals surface area contributed by atoms with Crippen molar-refractivity contribution in [3.05, 3.63) is 235 Å². The monoisotopic (exact) mass is 1200 g/mol. The number of rotatable bonds is 6. The molecule has 1 atom stereocenters. The first kappa shape index (κ1) is 46.2. The fraction of sp³-hybridized carbons (Fsp3) is 0.107. The molecule has 2 aliphatic carbocycles. The third-order valence-corrected chi connectivity index (χ3v) is 22.3. The van der Waals surface area contributed by atoms with Gasteiger partial charge in [-0.2, -0.15) is 0 Å². The summed E-state index contributed by atoms with van der Waals surface area (Å²) in [5, 5.41) is 9.02. The van der Waals surface area contributed by atoms with Crippen molar-refractivity contribution in [1.29, 1.82) is 0 Å². The molecule has 7 aromatic carbocycles. The summed E-state index contributed by atoms with van der Waals surface area (Å²) in [6.07, 6.45) is 25.3. The molecule has 1 unspecified atom stereocenters. The van der Waals surface area contributed by atoms with Gasteiger partial charge in [-0.3, -0.25) is 11.8 Å². The molecule has 0 radical (unpaired) electrons. The number of allylic oxidation sites excluding steroid dienone is 4. The summed E-state index contributed by atoms with van der Waals surface area (Å²) in [7, 11) is -3.25. The van der Waals surface area contributed by atoms with Crippen LogP contribution < -0.4 is 26.3 Å². The van der Waals surface area contributed by atoms with Crippen molar-refractivity contribution in [3.63, 3.8) is 0 Å². The normalized spacial score (nSPS) is 13.6. The molecule has 61 heavy (non-hydrogen) atoms. The molecular formula is C56H48Au2P2Si+2. The Morgan fingerprint density at radius 3 is 1.61 bits per heavy atom. The number of hydrogen-bond acceptors (Lipinski definition) is 0. The van der Waals surface area contributed by atoms with E-state index in [0.717, 1.165) is 17.5 Å². The Hall–Kier alpha value is -4.30. The molecule has 0 amide bonds. The minimum Gasteiger partial charge on any atom is -0.366 e. The Bertz CT molecular complexity index is 2690. The predicted octanol–water partition coefficient (Wildman–Crippen LogP) is 11.2. The van der Waals surface area contributed by atoms with Crippen molar-refractivity contribution in [2.45, 2.75) is 32.4 Å². The molecule has 0 nitrogen and oxygen atoms in total. The van der Waals surface area contributed by atoms with Crippen molar-refractivity contribution in [3.8, 4) is 34.1 Å². The Morgan fingerprint density at radius 1 is 0.508 bits per heavy atom. The van der Waals surface area contributed by atoms with Gasteiger partial charge < -0.3 is 12.8 Å². The van der Waals surface area contributed by atoms with Crippen LogP contribution in [0.1, 0.15) is 35.1 Å². The number of fused-ring (bicyclic) bond motifs is 6. The molecule has 1 heterocycles. The van der Waals surface area contributed by atoms with Gasteiger partial charge in [-0.15, -0.1) is 34.0 Å². The number of benzene rings is 7. The van der Waals surface area contributed by atoms with Crippen molar-refractivity contribution in [2.75, 3.05) is 5.90 Å². The van der Waals surface area contributed by atoms with E-state index in [1.54, 1.807) is 5.31 Å². The van der Waals surface area contributed by atoms with Gasteiger partial charge in [0.2, 0.25) is 0 Å². The van der Waals surface area contributed by atoms with Gasteiger partial charge in [-0.1, -0.05) is 147 Å². The summed E-state index contributed by atoms with van der Waals surface area (Å²) < 4.78 is 0. The summed E-state index contributed by atoms with van der Waals surface area (Å²) in [5.74, 6) is 6.40. The third-order valence-electron chi connectivity index (χ3n) is 11.8. The summed E-state index contributed by atoms with van der Waals surface area (Å²) in [6, 6.07) is 62.9. The molecule has 0 fully saturated rings. The maximum atomic E-state index is 7.47. The molecule has 10 rings (SSSR count). The summed E-state index contributed by atoms with van der Waals surface area (Å²) in [4.78, 5) is 0. The van der Waals surface area contributed by atoms with Crippen LogP contribution >= 0.6 is 15.8 Å². The standard InChI is InChI=1S/C25H24P2.C16H13Si.C15H9.2Au/c1-5-13-22(14-6-1)26(23-15-7-2-8-16-23)21-27(24-17-9-3-10-18-24)25-19-11-4-12-20-25;1-4-12-8-7-10-14-13-9-5-6-11-15(13)17(2,3)16(12)14;1-2-11-7-5-9-14-13-8-4-3-6-12(13)10-15(11)14;;/h1-3,5-11,13-20H,4,12,21H2;5-11H,2-3H3;3-9H,10H2;;/q;2*-1;2*+1/p+2. The number of hydrogen-bond donors (Lipinski definition) is 0. The minimum absolute atomic E-state index is 0. The van der Waals surface area contributed by atoms with Crippen LogP contribution in [0.3, 0.4) is 0 Å². The zero-order chi connectivity index (χ0) is 40.6. The smallest absolute Gasteiger partial charge is 0.366 e. The van der Waals surface area contributed by atoms with E-state index in [1.807, 2.05) is 24.3 Å². The Labute approximate surface area is 398 Å². The fourth-order valence-corrected chi connectivity index (χ4v) is 20.1. The second-order valence-electron chi connectivity index (χ2n) is 15.7. The second-order valence-corrected chi connectivity index (χ2v) is 25.6. The van der Waals surface area contributed by atoms with Crippen molar-refractivity contribution < 1.29 is 44.8 Å². The minimum atomic E-state index is -1.63. The fourth-order valence-electron chi connectivity index (χ4n) is 8.90. The van der Waals surface area contributed by atoms with Crippen LogP contribution in [0.5, 0.6) is 0 Å². The van der Waals surface area contributed by atoms with Crippen LogP contribution in [0.2, 0.25) is 13.1 Å². The quantitative estimate of drug-likeness (QED) is 0.0674. The maximum absolute atomic E-state index is 7.47. The average Bonchev–Trinajstić information content (AvgIpc) is 3.80. The molecule has 5 heteroatoms. The van der Waals surface area contributed by atoms with Gasteiger partial charge in [0.25, 0.3) is 0 Å². The predicted molar refractivity (Wildman–Crippen MR) is 262 cm³/mol. The first-order valence-electron chi connectivity index (χ1n) is 20.5. The van der Waals surface area contributed by atoms with E-state index in [1.165, 1.54) is 78.4 Å². The van der Waals surface area contributed by atoms with Crippen LogP contribution in [0.25, 0.3) is 22.3 Å². The van der Waals surface area contributed by atoms with Crippen LogP contribution in [-0.2, 0) is 51.2 Å². The van der Waals surface area contributed by atoms with E-state index in [-0.39, 0.29) is 44.8 Å². The Kier molecular flexibility index (Phi) is 16.4. The van der Waals surface area contributed by atoms with Gasteiger partial charge >= 0.3 is 44.8 Å². The first-order valence-corrected chi connectivity index (χ1v) is 26.9. The van der Waals surface area contributed by atoms with Crippen LogP contribution in [-0.4, -0.2) is 14.0 Å². The van der Waals surface area contributed by atoms with Gasteiger partial charge in [0.1, 0.15) is 31.8 Å². The maximum Gasteiger partial charge on any atom is 1.00 e. The second kappa shape index (κ2) is 21.7. The molecule has 0 aromatic heterocycles. The zero-order valence-electron chi connectivity index (χ0n) is 34.4. The van der Waals surface area contributed by atoms with E-state index in [2.05, 4.69) is 195 Å². The molecule has 0 spiro atoms. The molecule has 7 aromatic rings. The SMILES string of the molecule is C1=CC([PH+](C[PH+](c2ccccc2)c2ccccc2)c2ccccc2)=CCC1.[Au+].[Au+].[C-]#Cc1cccc2c1Cc1ccccc1-2.[C-]#Cc1cccc2c1[Si](C)(C)c1ccccc1-2. The third kappa shape index (κ3) is 10.2.